The Morgan fingerprint density at radius 2 is 1.47 bits per heavy atom. The number of hydrogen-bond acceptors (Lipinski definition) is 5. The summed E-state index contributed by atoms with van der Waals surface area (Å²) in [6, 6.07) is 23.0. The maximum atomic E-state index is 12.6. The normalized spacial score (nSPS) is 11.2. The number of rotatable bonds is 6. The van der Waals surface area contributed by atoms with Crippen LogP contribution in [0.2, 0.25) is 0 Å². The van der Waals surface area contributed by atoms with Crippen LogP contribution in [0.1, 0.15) is 21.6 Å². The van der Waals surface area contributed by atoms with Crippen LogP contribution in [0.15, 0.2) is 88.3 Å². The highest BCUT2D eigenvalue weighted by atomic mass is 32.2. The first-order valence-electron chi connectivity index (χ1n) is 9.86. The first-order valence-corrected chi connectivity index (χ1v) is 11.3. The number of amides is 1. The van der Waals surface area contributed by atoms with Gasteiger partial charge in [-0.25, -0.2) is 13.1 Å². The molecule has 0 unspecified atom stereocenters. The van der Waals surface area contributed by atoms with Crippen LogP contribution in [0.5, 0.6) is 0 Å². The molecule has 3 aromatic carbocycles. The molecule has 0 spiro atoms. The average molecular weight is 448 g/mol. The fraction of sp³-hybridized carbons (Fsp3) is 0.0833. The summed E-state index contributed by atoms with van der Waals surface area (Å²) in [5, 5.41) is 6.52. The van der Waals surface area contributed by atoms with Crippen molar-refractivity contribution < 1.29 is 17.7 Å². The molecule has 0 aliphatic rings. The van der Waals surface area contributed by atoms with Crippen molar-refractivity contribution in [3.8, 4) is 11.1 Å². The van der Waals surface area contributed by atoms with Crippen molar-refractivity contribution in [2.45, 2.75) is 18.7 Å². The number of anilines is 2. The van der Waals surface area contributed by atoms with Gasteiger partial charge in [-0.05, 0) is 61.4 Å². The predicted molar refractivity (Wildman–Crippen MR) is 123 cm³/mol. The van der Waals surface area contributed by atoms with E-state index in [1.165, 1.54) is 24.3 Å². The maximum absolute atomic E-state index is 12.6. The van der Waals surface area contributed by atoms with Crippen molar-refractivity contribution in [2.24, 2.45) is 0 Å². The Kier molecular flexibility index (Phi) is 5.79. The standard InChI is InChI=1S/C24H21N3O4S/c1-16-17(2)26-31-24(16)27-32(29,30)22-14-12-21(13-15-22)25-23(28)20-10-8-19(9-11-20)18-6-4-3-5-7-18/h3-15,27H,1-2H3,(H,25,28). The fourth-order valence-corrected chi connectivity index (χ4v) is 4.10. The summed E-state index contributed by atoms with van der Waals surface area (Å²) in [5.74, 6) is -0.204. The van der Waals surface area contributed by atoms with Crippen LogP contribution in [0.25, 0.3) is 11.1 Å². The van der Waals surface area contributed by atoms with Crippen molar-refractivity contribution >= 4 is 27.5 Å². The molecule has 0 radical (unpaired) electrons. The van der Waals surface area contributed by atoms with Crippen LogP contribution >= 0.6 is 0 Å². The summed E-state index contributed by atoms with van der Waals surface area (Å²) >= 11 is 0. The molecule has 1 aromatic heterocycles. The van der Waals surface area contributed by atoms with E-state index < -0.39 is 10.0 Å². The first-order chi connectivity index (χ1) is 15.3. The van der Waals surface area contributed by atoms with Gasteiger partial charge >= 0.3 is 0 Å². The van der Waals surface area contributed by atoms with Crippen molar-refractivity contribution in [1.82, 2.24) is 5.16 Å². The Morgan fingerprint density at radius 3 is 2.06 bits per heavy atom. The van der Waals surface area contributed by atoms with Crippen molar-refractivity contribution in [3.63, 3.8) is 0 Å². The largest absolute Gasteiger partial charge is 0.337 e. The van der Waals surface area contributed by atoms with E-state index in [0.717, 1.165) is 11.1 Å². The molecule has 0 atom stereocenters. The third-order valence-electron chi connectivity index (χ3n) is 5.06. The molecule has 0 saturated heterocycles. The lowest BCUT2D eigenvalue weighted by Crippen LogP contribution is -2.14. The first kappa shape index (κ1) is 21.3. The molecule has 0 aliphatic carbocycles. The lowest BCUT2D eigenvalue weighted by atomic mass is 10.0. The molecule has 162 valence electrons. The second-order valence-corrected chi connectivity index (χ2v) is 8.93. The Bertz CT molecular complexity index is 1340. The van der Waals surface area contributed by atoms with E-state index in [4.69, 9.17) is 4.52 Å². The SMILES string of the molecule is Cc1noc(NS(=O)(=O)c2ccc(NC(=O)c3ccc(-c4ccccc4)cc3)cc2)c1C. The number of hydrogen-bond donors (Lipinski definition) is 2. The Hall–Kier alpha value is -3.91. The summed E-state index contributed by atoms with van der Waals surface area (Å²) in [5.41, 5.74) is 4.29. The molecule has 1 heterocycles. The van der Waals surface area contributed by atoms with Crippen LogP contribution in [-0.4, -0.2) is 19.5 Å². The Labute approximate surface area is 186 Å². The Morgan fingerprint density at radius 1 is 0.844 bits per heavy atom. The van der Waals surface area contributed by atoms with Crippen LogP contribution in [0.3, 0.4) is 0 Å². The highest BCUT2D eigenvalue weighted by Crippen LogP contribution is 2.23. The molecule has 0 fully saturated rings. The molecule has 0 aliphatic heterocycles. The lowest BCUT2D eigenvalue weighted by molar-refractivity contribution is 0.102. The van der Waals surface area contributed by atoms with Crippen molar-refractivity contribution in [3.05, 3.63) is 95.7 Å². The quantitative estimate of drug-likeness (QED) is 0.433. The molecule has 1 amide bonds. The molecule has 32 heavy (non-hydrogen) atoms. The minimum Gasteiger partial charge on any atom is -0.337 e. The number of sulfonamides is 1. The number of carbonyl (C=O) groups excluding carboxylic acids is 1. The molecule has 0 saturated carbocycles. The molecular weight excluding hydrogens is 426 g/mol. The minimum atomic E-state index is -3.85. The van der Waals surface area contributed by atoms with Gasteiger partial charge in [0.05, 0.1) is 10.6 Å². The van der Waals surface area contributed by atoms with E-state index in [0.29, 0.717) is 22.5 Å². The minimum absolute atomic E-state index is 0.0381. The third-order valence-corrected chi connectivity index (χ3v) is 6.41. The van der Waals surface area contributed by atoms with E-state index in [9.17, 15) is 13.2 Å². The molecule has 2 N–H and O–H groups in total. The van der Waals surface area contributed by atoms with Crippen molar-refractivity contribution in [1.29, 1.82) is 0 Å². The summed E-state index contributed by atoms with van der Waals surface area (Å²) in [7, 11) is -3.85. The zero-order valence-electron chi connectivity index (χ0n) is 17.5. The van der Waals surface area contributed by atoms with E-state index in [2.05, 4.69) is 15.2 Å². The average Bonchev–Trinajstić information content (AvgIpc) is 3.12. The number of aromatic nitrogens is 1. The van der Waals surface area contributed by atoms with Crippen LogP contribution < -0.4 is 10.0 Å². The molecule has 8 heteroatoms. The number of nitrogens with zero attached hydrogens (tertiary/aromatic N) is 1. The van der Waals surface area contributed by atoms with E-state index in [1.807, 2.05) is 42.5 Å². The lowest BCUT2D eigenvalue weighted by Gasteiger charge is -2.09. The van der Waals surface area contributed by atoms with Crippen LogP contribution in [0, 0.1) is 13.8 Å². The highest BCUT2D eigenvalue weighted by molar-refractivity contribution is 7.92. The summed E-state index contributed by atoms with van der Waals surface area (Å²) < 4.78 is 32.6. The summed E-state index contributed by atoms with van der Waals surface area (Å²) in [4.78, 5) is 12.6. The zero-order valence-corrected chi connectivity index (χ0v) is 18.3. The monoisotopic (exact) mass is 447 g/mol. The predicted octanol–water partition coefficient (Wildman–Crippen LogP) is 5.01. The second-order valence-electron chi connectivity index (χ2n) is 7.25. The molecule has 4 rings (SSSR count). The molecule has 0 bridgehead atoms. The highest BCUT2D eigenvalue weighted by Gasteiger charge is 2.19. The second kappa shape index (κ2) is 8.68. The van der Waals surface area contributed by atoms with Gasteiger partial charge in [0.2, 0.25) is 5.88 Å². The van der Waals surface area contributed by atoms with Crippen molar-refractivity contribution in [2.75, 3.05) is 10.0 Å². The smallest absolute Gasteiger partial charge is 0.264 e. The topological polar surface area (TPSA) is 101 Å². The van der Waals surface area contributed by atoms with Gasteiger partial charge in [-0.15, -0.1) is 0 Å². The fourth-order valence-electron chi connectivity index (χ4n) is 3.06. The summed E-state index contributed by atoms with van der Waals surface area (Å²) in [6.07, 6.45) is 0. The number of aryl methyl sites for hydroxylation is 1. The van der Waals surface area contributed by atoms with Gasteiger partial charge in [0.1, 0.15) is 0 Å². The maximum Gasteiger partial charge on any atom is 0.264 e. The number of nitrogens with one attached hydrogen (secondary N) is 2. The Balaban J connectivity index is 1.44. The van der Waals surface area contributed by atoms with E-state index >= 15 is 0 Å². The van der Waals surface area contributed by atoms with Crippen LogP contribution in [-0.2, 0) is 10.0 Å². The van der Waals surface area contributed by atoms with Crippen LogP contribution in [0.4, 0.5) is 11.6 Å². The van der Waals surface area contributed by atoms with E-state index in [1.54, 1.807) is 26.0 Å². The third kappa shape index (κ3) is 4.55. The van der Waals surface area contributed by atoms with Gasteiger partial charge in [-0.2, -0.15) is 0 Å². The van der Waals surface area contributed by atoms with Gasteiger partial charge in [0.15, 0.2) is 0 Å². The van der Waals surface area contributed by atoms with Gasteiger partial charge in [0.25, 0.3) is 15.9 Å². The van der Waals surface area contributed by atoms with Gasteiger partial charge in [-0.1, -0.05) is 47.6 Å². The molecule has 4 aromatic rings. The van der Waals surface area contributed by atoms with E-state index in [-0.39, 0.29) is 16.7 Å². The zero-order chi connectivity index (χ0) is 22.7. The number of carbonyl (C=O) groups is 1. The molecular formula is C24H21N3O4S. The molecule has 7 nitrogen and oxygen atoms in total. The van der Waals surface area contributed by atoms with Gasteiger partial charge in [-0.3, -0.25) is 4.79 Å². The van der Waals surface area contributed by atoms with Gasteiger partial charge in [0, 0.05) is 16.8 Å². The summed E-state index contributed by atoms with van der Waals surface area (Å²) in [6.45, 7) is 3.44. The number of benzene rings is 3. The van der Waals surface area contributed by atoms with Gasteiger partial charge < -0.3 is 9.84 Å².